The second-order valence-corrected chi connectivity index (χ2v) is 4.13. The number of methoxy groups -OCH3 is 1. The molecule has 1 atom stereocenters. The molecule has 0 aromatic heterocycles. The van der Waals surface area contributed by atoms with Gasteiger partial charge >= 0.3 is 0 Å². The number of rotatable bonds is 6. The van der Waals surface area contributed by atoms with E-state index in [1.54, 1.807) is 13.2 Å². The van der Waals surface area contributed by atoms with Crippen LogP contribution < -0.4 is 5.32 Å². The normalized spacial score (nSPS) is 12.6. The lowest BCUT2D eigenvalue weighted by atomic mass is 10.1. The van der Waals surface area contributed by atoms with E-state index in [-0.39, 0.29) is 11.5 Å². The van der Waals surface area contributed by atoms with Gasteiger partial charge in [0, 0.05) is 32.4 Å². The van der Waals surface area contributed by atoms with E-state index in [1.807, 2.05) is 6.92 Å². The van der Waals surface area contributed by atoms with Crippen LogP contribution in [0.3, 0.4) is 0 Å². The van der Waals surface area contributed by atoms with Gasteiger partial charge in [0.1, 0.15) is 0 Å². The monoisotopic (exact) mass is 241 g/mol. The van der Waals surface area contributed by atoms with Crippen LogP contribution in [0.15, 0.2) is 12.1 Å². The lowest BCUT2D eigenvalue weighted by molar-refractivity contribution is 0.158. The van der Waals surface area contributed by atoms with Crippen LogP contribution in [0, 0.1) is 5.92 Å². The van der Waals surface area contributed by atoms with E-state index in [0.717, 1.165) is 6.54 Å². The van der Waals surface area contributed by atoms with Crippen LogP contribution in [0.25, 0.3) is 0 Å². The van der Waals surface area contributed by atoms with E-state index >= 15 is 0 Å². The fourth-order valence-corrected chi connectivity index (χ4v) is 1.55. The van der Waals surface area contributed by atoms with Crippen LogP contribution in [0.1, 0.15) is 12.5 Å². The average Bonchev–Trinajstić information content (AvgIpc) is 2.29. The van der Waals surface area contributed by atoms with Crippen molar-refractivity contribution in [2.75, 3.05) is 20.3 Å². The van der Waals surface area contributed by atoms with Crippen molar-refractivity contribution in [2.45, 2.75) is 13.5 Å². The number of aromatic hydroxyl groups is 3. The van der Waals surface area contributed by atoms with E-state index in [2.05, 4.69) is 5.32 Å². The number of hydrogen-bond acceptors (Lipinski definition) is 5. The maximum absolute atomic E-state index is 9.57. The number of benzene rings is 1. The molecule has 1 unspecified atom stereocenters. The number of phenolic OH excluding ortho intramolecular Hbond substituents is 3. The summed E-state index contributed by atoms with van der Waals surface area (Å²) in [6, 6.07) is 2.92. The molecule has 0 bridgehead atoms. The Bertz CT molecular complexity index is 368. The Labute approximate surface area is 101 Å². The third kappa shape index (κ3) is 3.80. The number of phenols is 3. The van der Waals surface area contributed by atoms with Crippen LogP contribution in [0.2, 0.25) is 0 Å². The molecule has 0 spiro atoms. The van der Waals surface area contributed by atoms with E-state index < -0.39 is 5.75 Å². The standard InChI is InChI=1S/C12H19NO4/c1-8(7-17-2)5-13-6-9-3-4-10(14)12(16)11(9)15/h3-4,8,13-16H,5-7H2,1-2H3. The first-order valence-electron chi connectivity index (χ1n) is 5.48. The minimum atomic E-state index is -0.478. The van der Waals surface area contributed by atoms with Crippen molar-refractivity contribution < 1.29 is 20.1 Å². The maximum atomic E-state index is 9.57. The van der Waals surface area contributed by atoms with E-state index in [4.69, 9.17) is 9.84 Å². The Kier molecular flexibility index (Phi) is 5.06. The summed E-state index contributed by atoms with van der Waals surface area (Å²) in [7, 11) is 1.65. The van der Waals surface area contributed by atoms with Gasteiger partial charge in [0.05, 0.1) is 0 Å². The largest absolute Gasteiger partial charge is 0.504 e. The molecule has 0 saturated carbocycles. The second-order valence-electron chi connectivity index (χ2n) is 4.13. The third-order valence-corrected chi connectivity index (χ3v) is 2.47. The smallest absolute Gasteiger partial charge is 0.200 e. The zero-order chi connectivity index (χ0) is 12.8. The van der Waals surface area contributed by atoms with Crippen LogP contribution in [0.4, 0.5) is 0 Å². The van der Waals surface area contributed by atoms with Crippen LogP contribution >= 0.6 is 0 Å². The van der Waals surface area contributed by atoms with Crippen molar-refractivity contribution in [1.29, 1.82) is 0 Å². The van der Waals surface area contributed by atoms with E-state index in [9.17, 15) is 10.2 Å². The summed E-state index contributed by atoms with van der Waals surface area (Å²) in [5.41, 5.74) is 0.546. The average molecular weight is 241 g/mol. The molecule has 1 aromatic carbocycles. The predicted molar refractivity (Wildman–Crippen MR) is 64.2 cm³/mol. The summed E-state index contributed by atoms with van der Waals surface area (Å²) in [5.74, 6) is -0.710. The first kappa shape index (κ1) is 13.6. The van der Waals surface area contributed by atoms with Crippen molar-refractivity contribution in [3.63, 3.8) is 0 Å². The molecule has 0 heterocycles. The van der Waals surface area contributed by atoms with E-state index in [0.29, 0.717) is 24.6 Å². The van der Waals surface area contributed by atoms with Gasteiger partial charge in [0.2, 0.25) is 5.75 Å². The molecule has 5 heteroatoms. The van der Waals surface area contributed by atoms with Crippen LogP contribution in [-0.2, 0) is 11.3 Å². The van der Waals surface area contributed by atoms with Crippen molar-refractivity contribution in [3.05, 3.63) is 17.7 Å². The van der Waals surface area contributed by atoms with Crippen molar-refractivity contribution >= 4 is 0 Å². The van der Waals surface area contributed by atoms with Gasteiger partial charge in [-0.3, -0.25) is 0 Å². The molecular weight excluding hydrogens is 222 g/mol. The molecule has 1 aromatic rings. The Morgan fingerprint density at radius 1 is 1.24 bits per heavy atom. The lowest BCUT2D eigenvalue weighted by Gasteiger charge is -2.12. The van der Waals surface area contributed by atoms with Crippen molar-refractivity contribution in [2.24, 2.45) is 5.92 Å². The number of ether oxygens (including phenoxy) is 1. The molecule has 0 fully saturated rings. The zero-order valence-electron chi connectivity index (χ0n) is 10.1. The zero-order valence-corrected chi connectivity index (χ0v) is 10.1. The minimum Gasteiger partial charge on any atom is -0.504 e. The highest BCUT2D eigenvalue weighted by atomic mass is 16.5. The maximum Gasteiger partial charge on any atom is 0.200 e. The molecule has 96 valence electrons. The Morgan fingerprint density at radius 3 is 2.59 bits per heavy atom. The van der Waals surface area contributed by atoms with Crippen molar-refractivity contribution in [1.82, 2.24) is 5.32 Å². The Morgan fingerprint density at radius 2 is 1.94 bits per heavy atom. The van der Waals surface area contributed by atoms with Crippen LogP contribution in [0.5, 0.6) is 17.2 Å². The fraction of sp³-hybridized carbons (Fsp3) is 0.500. The third-order valence-electron chi connectivity index (χ3n) is 2.47. The highest BCUT2D eigenvalue weighted by molar-refractivity contribution is 5.52. The van der Waals surface area contributed by atoms with Gasteiger partial charge in [-0.25, -0.2) is 0 Å². The summed E-state index contributed by atoms with van der Waals surface area (Å²) in [6.45, 7) is 3.88. The lowest BCUT2D eigenvalue weighted by Crippen LogP contribution is -2.23. The molecule has 0 aliphatic rings. The summed E-state index contributed by atoms with van der Waals surface area (Å²) in [5, 5.41) is 31.2. The fourth-order valence-electron chi connectivity index (χ4n) is 1.55. The molecule has 0 aliphatic heterocycles. The minimum absolute atomic E-state index is 0.281. The molecule has 0 amide bonds. The predicted octanol–water partition coefficient (Wildman–Crippen LogP) is 1.18. The van der Waals surface area contributed by atoms with Gasteiger partial charge in [-0.05, 0) is 12.0 Å². The second kappa shape index (κ2) is 6.32. The molecule has 0 aliphatic carbocycles. The number of hydrogen-bond donors (Lipinski definition) is 4. The molecule has 0 saturated heterocycles. The quantitative estimate of drug-likeness (QED) is 0.562. The molecule has 17 heavy (non-hydrogen) atoms. The van der Waals surface area contributed by atoms with Gasteiger partial charge in [0.15, 0.2) is 11.5 Å². The van der Waals surface area contributed by atoms with Crippen molar-refractivity contribution in [3.8, 4) is 17.2 Å². The van der Waals surface area contributed by atoms with Crippen LogP contribution in [-0.4, -0.2) is 35.6 Å². The first-order chi connectivity index (χ1) is 8.06. The molecule has 0 radical (unpaired) electrons. The van der Waals surface area contributed by atoms with Gasteiger partial charge in [0.25, 0.3) is 0 Å². The highest BCUT2D eigenvalue weighted by Crippen LogP contribution is 2.36. The number of nitrogens with one attached hydrogen (secondary N) is 1. The Balaban J connectivity index is 2.50. The molecular formula is C12H19NO4. The van der Waals surface area contributed by atoms with E-state index in [1.165, 1.54) is 6.07 Å². The topological polar surface area (TPSA) is 82.0 Å². The summed E-state index contributed by atoms with van der Waals surface area (Å²) in [4.78, 5) is 0. The summed E-state index contributed by atoms with van der Waals surface area (Å²) >= 11 is 0. The summed E-state index contributed by atoms with van der Waals surface area (Å²) in [6.07, 6.45) is 0. The van der Waals surface area contributed by atoms with Gasteiger partial charge in [-0.1, -0.05) is 13.0 Å². The SMILES string of the molecule is COCC(C)CNCc1ccc(O)c(O)c1O. The van der Waals surface area contributed by atoms with Gasteiger partial charge in [-0.2, -0.15) is 0 Å². The molecule has 4 N–H and O–H groups in total. The molecule has 5 nitrogen and oxygen atoms in total. The van der Waals surface area contributed by atoms with Gasteiger partial charge < -0.3 is 25.4 Å². The Hall–Kier alpha value is -1.46. The summed E-state index contributed by atoms with van der Waals surface area (Å²) < 4.78 is 5.00. The first-order valence-corrected chi connectivity index (χ1v) is 5.48. The van der Waals surface area contributed by atoms with Gasteiger partial charge in [-0.15, -0.1) is 0 Å². The molecule has 1 rings (SSSR count). The highest BCUT2D eigenvalue weighted by Gasteiger charge is 2.10.